The van der Waals surface area contributed by atoms with Gasteiger partial charge in [-0.2, -0.15) is 5.10 Å². The predicted octanol–water partition coefficient (Wildman–Crippen LogP) is 2.16. The third-order valence-corrected chi connectivity index (χ3v) is 2.01. The van der Waals surface area contributed by atoms with E-state index in [1.54, 1.807) is 0 Å². The minimum absolute atomic E-state index is 0.389. The number of hydrogen-bond acceptors (Lipinski definition) is 2. The van der Waals surface area contributed by atoms with Gasteiger partial charge in [-0.1, -0.05) is 19.9 Å². The van der Waals surface area contributed by atoms with Gasteiger partial charge in [0.15, 0.2) is 11.5 Å². The van der Waals surface area contributed by atoms with E-state index in [1.165, 1.54) is 5.56 Å². The number of nitrogens with zero attached hydrogens (tertiary/aromatic N) is 3. The van der Waals surface area contributed by atoms with Gasteiger partial charge in [-0.25, -0.2) is 9.50 Å². The highest BCUT2D eigenvalue weighted by Crippen LogP contribution is 2.11. The van der Waals surface area contributed by atoms with Crippen LogP contribution in [-0.4, -0.2) is 14.6 Å². The van der Waals surface area contributed by atoms with Crippen molar-refractivity contribution in [3.63, 3.8) is 0 Å². The molecule has 2 aromatic heterocycles. The number of aromatic nitrogens is 3. The molecule has 0 aromatic carbocycles. The summed E-state index contributed by atoms with van der Waals surface area (Å²) in [5, 5.41) is 4.38. The Balaban J connectivity index is 2.62. The van der Waals surface area contributed by atoms with Gasteiger partial charge in [-0.05, 0) is 18.6 Å². The topological polar surface area (TPSA) is 30.2 Å². The van der Waals surface area contributed by atoms with Crippen LogP contribution in [0.4, 0.5) is 0 Å². The van der Waals surface area contributed by atoms with Crippen molar-refractivity contribution < 1.29 is 0 Å². The lowest BCUT2D eigenvalue weighted by Gasteiger charge is -1.93. The molecular formula is C10H13N3. The Bertz CT molecular complexity index is 429. The maximum Gasteiger partial charge on any atom is 0.155 e. The predicted molar refractivity (Wildman–Crippen MR) is 51.8 cm³/mol. The minimum Gasteiger partial charge on any atom is -0.221 e. The zero-order valence-electron chi connectivity index (χ0n) is 8.15. The van der Waals surface area contributed by atoms with E-state index in [4.69, 9.17) is 0 Å². The van der Waals surface area contributed by atoms with Crippen molar-refractivity contribution in [2.45, 2.75) is 26.7 Å². The van der Waals surface area contributed by atoms with Crippen LogP contribution in [0.25, 0.3) is 5.65 Å². The van der Waals surface area contributed by atoms with Gasteiger partial charge in [0.25, 0.3) is 0 Å². The van der Waals surface area contributed by atoms with Crippen LogP contribution in [0.2, 0.25) is 0 Å². The molecule has 0 spiro atoms. The Morgan fingerprint density at radius 2 is 2.08 bits per heavy atom. The molecule has 0 aliphatic rings. The quantitative estimate of drug-likeness (QED) is 0.664. The van der Waals surface area contributed by atoms with Crippen molar-refractivity contribution in [1.29, 1.82) is 0 Å². The minimum atomic E-state index is 0.389. The summed E-state index contributed by atoms with van der Waals surface area (Å²) in [7, 11) is 0. The molecule has 3 nitrogen and oxygen atoms in total. The fraction of sp³-hybridized carbons (Fsp3) is 0.400. The normalized spacial score (nSPS) is 11.4. The standard InChI is InChI=1S/C10H13N3/c1-7(2)10-11-9-5-4-8(3)6-13(9)12-10/h4-7H,1-3H3. The highest BCUT2D eigenvalue weighted by molar-refractivity contribution is 5.38. The highest BCUT2D eigenvalue weighted by Gasteiger charge is 2.06. The summed E-state index contributed by atoms with van der Waals surface area (Å²) in [4.78, 5) is 4.41. The lowest BCUT2D eigenvalue weighted by atomic mass is 10.2. The number of pyridine rings is 1. The molecule has 0 N–H and O–H groups in total. The monoisotopic (exact) mass is 175 g/mol. The van der Waals surface area contributed by atoms with E-state index in [9.17, 15) is 0 Å². The van der Waals surface area contributed by atoms with Gasteiger partial charge in [0.05, 0.1) is 0 Å². The molecule has 0 amide bonds. The summed E-state index contributed by atoms with van der Waals surface area (Å²) in [5.74, 6) is 1.30. The third kappa shape index (κ3) is 1.41. The van der Waals surface area contributed by atoms with Crippen molar-refractivity contribution in [2.24, 2.45) is 0 Å². The Hall–Kier alpha value is -1.38. The van der Waals surface area contributed by atoms with Crippen molar-refractivity contribution in [3.8, 4) is 0 Å². The molecule has 13 heavy (non-hydrogen) atoms. The van der Waals surface area contributed by atoms with Crippen molar-refractivity contribution in [2.75, 3.05) is 0 Å². The van der Waals surface area contributed by atoms with E-state index in [0.29, 0.717) is 5.92 Å². The molecule has 0 radical (unpaired) electrons. The second kappa shape index (κ2) is 2.83. The Labute approximate surface area is 77.4 Å². The molecule has 68 valence electrons. The first-order valence-electron chi connectivity index (χ1n) is 4.50. The molecule has 0 aliphatic heterocycles. The molecule has 2 heterocycles. The van der Waals surface area contributed by atoms with Gasteiger partial charge in [0.2, 0.25) is 0 Å². The summed E-state index contributed by atoms with van der Waals surface area (Å²) < 4.78 is 1.84. The zero-order chi connectivity index (χ0) is 9.42. The first kappa shape index (κ1) is 8.23. The van der Waals surface area contributed by atoms with E-state index >= 15 is 0 Å². The van der Waals surface area contributed by atoms with Crippen LogP contribution in [-0.2, 0) is 0 Å². The van der Waals surface area contributed by atoms with E-state index < -0.39 is 0 Å². The van der Waals surface area contributed by atoms with Crippen LogP contribution in [0.1, 0.15) is 31.2 Å². The molecule has 3 heteroatoms. The van der Waals surface area contributed by atoms with Crippen LogP contribution >= 0.6 is 0 Å². The summed E-state index contributed by atoms with van der Waals surface area (Å²) in [6, 6.07) is 4.04. The van der Waals surface area contributed by atoms with E-state index in [2.05, 4.69) is 30.9 Å². The van der Waals surface area contributed by atoms with Gasteiger partial charge in [0.1, 0.15) is 0 Å². The molecule has 0 saturated heterocycles. The highest BCUT2D eigenvalue weighted by atomic mass is 15.3. The molecule has 0 saturated carbocycles. The molecule has 0 aliphatic carbocycles. The fourth-order valence-corrected chi connectivity index (χ4v) is 1.25. The third-order valence-electron chi connectivity index (χ3n) is 2.01. The Kier molecular flexibility index (Phi) is 1.79. The number of aryl methyl sites for hydroxylation is 1. The van der Waals surface area contributed by atoms with Gasteiger partial charge in [0, 0.05) is 12.1 Å². The summed E-state index contributed by atoms with van der Waals surface area (Å²) in [5.41, 5.74) is 2.13. The SMILES string of the molecule is Cc1ccc2nc(C(C)C)nn2c1. The van der Waals surface area contributed by atoms with Gasteiger partial charge < -0.3 is 0 Å². The molecular weight excluding hydrogens is 162 g/mol. The largest absolute Gasteiger partial charge is 0.221 e. The van der Waals surface area contributed by atoms with Crippen molar-refractivity contribution in [1.82, 2.24) is 14.6 Å². The molecule has 0 fully saturated rings. The van der Waals surface area contributed by atoms with Crippen LogP contribution in [0.3, 0.4) is 0 Å². The average Bonchev–Trinajstić information content (AvgIpc) is 2.46. The Morgan fingerprint density at radius 3 is 2.77 bits per heavy atom. The fourth-order valence-electron chi connectivity index (χ4n) is 1.25. The van der Waals surface area contributed by atoms with Gasteiger partial charge >= 0.3 is 0 Å². The van der Waals surface area contributed by atoms with Crippen LogP contribution < -0.4 is 0 Å². The average molecular weight is 175 g/mol. The number of hydrogen-bond donors (Lipinski definition) is 0. The molecule has 0 unspecified atom stereocenters. The zero-order valence-corrected chi connectivity index (χ0v) is 8.15. The lowest BCUT2D eigenvalue weighted by Crippen LogP contribution is -1.91. The first-order chi connectivity index (χ1) is 6.16. The van der Waals surface area contributed by atoms with Crippen LogP contribution in [0.5, 0.6) is 0 Å². The van der Waals surface area contributed by atoms with E-state index in [-0.39, 0.29) is 0 Å². The second-order valence-electron chi connectivity index (χ2n) is 3.63. The van der Waals surface area contributed by atoms with Crippen molar-refractivity contribution >= 4 is 5.65 Å². The molecule has 2 rings (SSSR count). The molecule has 0 atom stereocenters. The lowest BCUT2D eigenvalue weighted by molar-refractivity contribution is 0.764. The van der Waals surface area contributed by atoms with Crippen molar-refractivity contribution in [3.05, 3.63) is 29.7 Å². The van der Waals surface area contributed by atoms with Crippen LogP contribution in [0.15, 0.2) is 18.3 Å². The van der Waals surface area contributed by atoms with E-state index in [1.807, 2.05) is 22.8 Å². The summed E-state index contributed by atoms with van der Waals surface area (Å²) >= 11 is 0. The number of rotatable bonds is 1. The van der Waals surface area contributed by atoms with E-state index in [0.717, 1.165) is 11.5 Å². The second-order valence-corrected chi connectivity index (χ2v) is 3.63. The smallest absolute Gasteiger partial charge is 0.155 e. The molecule has 0 bridgehead atoms. The van der Waals surface area contributed by atoms with Gasteiger partial charge in [-0.15, -0.1) is 0 Å². The maximum absolute atomic E-state index is 4.41. The summed E-state index contributed by atoms with van der Waals surface area (Å²) in [6.45, 7) is 6.25. The summed E-state index contributed by atoms with van der Waals surface area (Å²) in [6.07, 6.45) is 1.99. The Morgan fingerprint density at radius 1 is 1.31 bits per heavy atom. The maximum atomic E-state index is 4.41. The number of fused-ring (bicyclic) bond motifs is 1. The molecule has 2 aromatic rings. The first-order valence-corrected chi connectivity index (χ1v) is 4.50. The van der Waals surface area contributed by atoms with Crippen LogP contribution in [0, 0.1) is 6.92 Å². The van der Waals surface area contributed by atoms with Gasteiger partial charge in [-0.3, -0.25) is 0 Å².